The van der Waals surface area contributed by atoms with Gasteiger partial charge in [-0.15, -0.1) is 0 Å². The van der Waals surface area contributed by atoms with E-state index in [1.165, 1.54) is 18.2 Å². The lowest BCUT2D eigenvalue weighted by Gasteiger charge is -2.05. The van der Waals surface area contributed by atoms with E-state index < -0.39 is 5.82 Å². The van der Waals surface area contributed by atoms with E-state index in [-0.39, 0.29) is 10.4 Å². The third-order valence-corrected chi connectivity index (χ3v) is 3.25. The Labute approximate surface area is 120 Å². The van der Waals surface area contributed by atoms with Crippen molar-refractivity contribution >= 4 is 43.6 Å². The third kappa shape index (κ3) is 3.14. The van der Waals surface area contributed by atoms with Gasteiger partial charge in [0.2, 0.25) is 0 Å². The second-order valence-corrected chi connectivity index (χ2v) is 5.21. The molecule has 1 amide bonds. The van der Waals surface area contributed by atoms with Crippen LogP contribution in [-0.4, -0.2) is 10.9 Å². The van der Waals surface area contributed by atoms with Gasteiger partial charge in [-0.05, 0) is 46.3 Å². The van der Waals surface area contributed by atoms with Crippen LogP contribution in [-0.2, 0) is 0 Å². The summed E-state index contributed by atoms with van der Waals surface area (Å²) in [6.07, 6.45) is 1.57. The number of pyridine rings is 1. The summed E-state index contributed by atoms with van der Waals surface area (Å²) in [6, 6.07) is 7.49. The molecule has 1 heterocycles. The first-order chi connectivity index (χ1) is 8.56. The fourth-order valence-corrected chi connectivity index (χ4v) is 2.01. The van der Waals surface area contributed by atoms with Crippen LogP contribution in [0.25, 0.3) is 0 Å². The maximum absolute atomic E-state index is 13.0. The van der Waals surface area contributed by atoms with Crippen molar-refractivity contribution < 1.29 is 9.18 Å². The summed E-state index contributed by atoms with van der Waals surface area (Å²) in [7, 11) is 0. The van der Waals surface area contributed by atoms with Crippen LogP contribution < -0.4 is 5.32 Å². The number of aromatic nitrogens is 1. The topological polar surface area (TPSA) is 42.0 Å². The predicted octanol–water partition coefficient (Wildman–Crippen LogP) is 4.00. The van der Waals surface area contributed by atoms with Gasteiger partial charge in [0, 0.05) is 16.2 Å². The van der Waals surface area contributed by atoms with E-state index in [2.05, 4.69) is 42.2 Å². The molecule has 0 atom stereocenters. The molecule has 0 saturated heterocycles. The summed E-state index contributed by atoms with van der Waals surface area (Å²) >= 11 is 6.31. The first kappa shape index (κ1) is 13.2. The lowest BCUT2D eigenvalue weighted by molar-refractivity contribution is 0.102. The number of hydrogen-bond acceptors (Lipinski definition) is 2. The molecule has 2 aromatic rings. The van der Waals surface area contributed by atoms with Gasteiger partial charge in [-0.3, -0.25) is 4.79 Å². The van der Waals surface area contributed by atoms with E-state index in [0.29, 0.717) is 11.4 Å². The number of amides is 1. The van der Waals surface area contributed by atoms with Crippen LogP contribution in [0.4, 0.5) is 10.2 Å². The molecular weight excluding hydrogens is 367 g/mol. The van der Waals surface area contributed by atoms with Crippen LogP contribution in [0.3, 0.4) is 0 Å². The average Bonchev–Trinajstić information content (AvgIpc) is 2.32. The number of rotatable bonds is 2. The standard InChI is InChI=1S/C12H7Br2FN2O/c13-8-3-4-16-11(6-8)17-12(18)7-1-2-10(15)9(14)5-7/h1-6H,(H,16,17,18). The molecular formula is C12H7Br2FN2O. The van der Waals surface area contributed by atoms with E-state index in [1.807, 2.05) is 0 Å². The van der Waals surface area contributed by atoms with Crippen LogP contribution in [0.5, 0.6) is 0 Å². The molecule has 3 nitrogen and oxygen atoms in total. The average molecular weight is 374 g/mol. The van der Waals surface area contributed by atoms with Gasteiger partial charge in [-0.1, -0.05) is 15.9 Å². The van der Waals surface area contributed by atoms with Gasteiger partial charge in [0.1, 0.15) is 11.6 Å². The lowest BCUT2D eigenvalue weighted by atomic mass is 10.2. The molecule has 0 radical (unpaired) electrons. The van der Waals surface area contributed by atoms with Gasteiger partial charge in [0.15, 0.2) is 0 Å². The number of anilines is 1. The third-order valence-electron chi connectivity index (χ3n) is 2.15. The summed E-state index contributed by atoms with van der Waals surface area (Å²) < 4.78 is 14.1. The van der Waals surface area contributed by atoms with E-state index >= 15 is 0 Å². The number of carbonyl (C=O) groups is 1. The van der Waals surface area contributed by atoms with Crippen LogP contribution in [0.1, 0.15) is 10.4 Å². The molecule has 0 fully saturated rings. The fraction of sp³-hybridized carbons (Fsp3) is 0. The molecule has 6 heteroatoms. The first-order valence-corrected chi connectivity index (χ1v) is 6.53. The van der Waals surface area contributed by atoms with Crippen molar-refractivity contribution in [3.8, 4) is 0 Å². The van der Waals surface area contributed by atoms with Gasteiger partial charge in [0.25, 0.3) is 5.91 Å². The summed E-state index contributed by atoms with van der Waals surface area (Å²) in [6.45, 7) is 0. The molecule has 0 unspecified atom stereocenters. The smallest absolute Gasteiger partial charge is 0.256 e. The Morgan fingerprint density at radius 1 is 1.22 bits per heavy atom. The Balaban J connectivity index is 2.19. The van der Waals surface area contributed by atoms with E-state index in [0.717, 1.165) is 4.47 Å². The van der Waals surface area contributed by atoms with Crippen LogP contribution >= 0.6 is 31.9 Å². The number of halogens is 3. The molecule has 18 heavy (non-hydrogen) atoms. The SMILES string of the molecule is O=C(Nc1cc(Br)ccn1)c1ccc(F)c(Br)c1. The molecule has 1 aromatic carbocycles. The molecule has 0 aliphatic heterocycles. The Morgan fingerprint density at radius 2 is 2.00 bits per heavy atom. The van der Waals surface area contributed by atoms with E-state index in [9.17, 15) is 9.18 Å². The quantitative estimate of drug-likeness (QED) is 0.864. The maximum atomic E-state index is 13.0. The van der Waals surface area contributed by atoms with Crippen molar-refractivity contribution in [1.29, 1.82) is 0 Å². The zero-order valence-electron chi connectivity index (χ0n) is 8.95. The normalized spacial score (nSPS) is 10.2. The largest absolute Gasteiger partial charge is 0.307 e. The van der Waals surface area contributed by atoms with Crippen molar-refractivity contribution in [3.05, 3.63) is 56.9 Å². The highest BCUT2D eigenvalue weighted by molar-refractivity contribution is 9.10. The van der Waals surface area contributed by atoms with Gasteiger partial charge >= 0.3 is 0 Å². The van der Waals surface area contributed by atoms with Crippen molar-refractivity contribution in [2.75, 3.05) is 5.32 Å². The minimum Gasteiger partial charge on any atom is -0.307 e. The van der Waals surface area contributed by atoms with Crippen LogP contribution in [0, 0.1) is 5.82 Å². The number of nitrogens with one attached hydrogen (secondary N) is 1. The molecule has 0 aliphatic rings. The number of carbonyl (C=O) groups excluding carboxylic acids is 1. The van der Waals surface area contributed by atoms with Crippen molar-refractivity contribution in [3.63, 3.8) is 0 Å². The zero-order chi connectivity index (χ0) is 13.1. The van der Waals surface area contributed by atoms with Crippen molar-refractivity contribution in [2.45, 2.75) is 0 Å². The summed E-state index contributed by atoms with van der Waals surface area (Å²) in [5.74, 6) is -0.330. The minimum atomic E-state index is -0.410. The van der Waals surface area contributed by atoms with E-state index in [1.54, 1.807) is 18.3 Å². The Morgan fingerprint density at radius 3 is 2.67 bits per heavy atom. The summed E-state index contributed by atoms with van der Waals surface area (Å²) in [5.41, 5.74) is 0.352. The Bertz CT molecular complexity index is 604. The van der Waals surface area contributed by atoms with E-state index in [4.69, 9.17) is 0 Å². The molecule has 0 spiro atoms. The first-order valence-electron chi connectivity index (χ1n) is 4.94. The highest BCUT2D eigenvalue weighted by atomic mass is 79.9. The summed E-state index contributed by atoms with van der Waals surface area (Å²) in [5, 5.41) is 2.62. The highest BCUT2D eigenvalue weighted by Gasteiger charge is 2.09. The van der Waals surface area contributed by atoms with Crippen LogP contribution in [0.2, 0.25) is 0 Å². The molecule has 92 valence electrons. The van der Waals surface area contributed by atoms with Gasteiger partial charge in [-0.25, -0.2) is 9.37 Å². The molecule has 0 aliphatic carbocycles. The summed E-state index contributed by atoms with van der Waals surface area (Å²) in [4.78, 5) is 15.9. The van der Waals surface area contributed by atoms with Gasteiger partial charge in [-0.2, -0.15) is 0 Å². The molecule has 1 N–H and O–H groups in total. The Hall–Kier alpha value is -1.27. The predicted molar refractivity (Wildman–Crippen MR) is 74.0 cm³/mol. The van der Waals surface area contributed by atoms with Crippen molar-refractivity contribution in [1.82, 2.24) is 4.98 Å². The fourth-order valence-electron chi connectivity index (χ4n) is 1.30. The molecule has 2 rings (SSSR count). The van der Waals surface area contributed by atoms with Gasteiger partial charge < -0.3 is 5.32 Å². The molecule has 1 aromatic heterocycles. The minimum absolute atomic E-state index is 0.248. The monoisotopic (exact) mass is 372 g/mol. The number of nitrogens with zero attached hydrogens (tertiary/aromatic N) is 1. The number of hydrogen-bond donors (Lipinski definition) is 1. The van der Waals surface area contributed by atoms with Crippen molar-refractivity contribution in [2.24, 2.45) is 0 Å². The highest BCUT2D eigenvalue weighted by Crippen LogP contribution is 2.18. The molecule has 0 bridgehead atoms. The van der Waals surface area contributed by atoms with Crippen LogP contribution in [0.15, 0.2) is 45.5 Å². The second kappa shape index (κ2) is 5.58. The lowest BCUT2D eigenvalue weighted by Crippen LogP contribution is -2.13. The Kier molecular flexibility index (Phi) is 4.08. The second-order valence-electron chi connectivity index (χ2n) is 3.44. The van der Waals surface area contributed by atoms with Gasteiger partial charge in [0.05, 0.1) is 4.47 Å². The zero-order valence-corrected chi connectivity index (χ0v) is 12.1. The maximum Gasteiger partial charge on any atom is 0.256 e. The number of benzene rings is 1. The molecule has 0 saturated carbocycles.